The maximum atomic E-state index is 13.2. The van der Waals surface area contributed by atoms with Crippen LogP contribution in [0.4, 0.5) is 0 Å². The lowest BCUT2D eigenvalue weighted by Crippen LogP contribution is -2.09. The van der Waals surface area contributed by atoms with Gasteiger partial charge in [-0.15, -0.1) is 0 Å². The lowest BCUT2D eigenvalue weighted by atomic mass is 9.99. The van der Waals surface area contributed by atoms with Crippen LogP contribution in [-0.4, -0.2) is 23.4 Å². The predicted molar refractivity (Wildman–Crippen MR) is 147 cm³/mol. The van der Waals surface area contributed by atoms with Crippen molar-refractivity contribution in [3.05, 3.63) is 35.5 Å². The molecule has 4 nitrogen and oxygen atoms in total. The number of aromatic nitrogens is 1. The van der Waals surface area contributed by atoms with Gasteiger partial charge in [0.05, 0.1) is 13.5 Å². The van der Waals surface area contributed by atoms with E-state index in [2.05, 4.69) is 11.5 Å². The van der Waals surface area contributed by atoms with Crippen molar-refractivity contribution in [1.82, 2.24) is 4.57 Å². The van der Waals surface area contributed by atoms with Crippen molar-refractivity contribution >= 4 is 22.7 Å². The van der Waals surface area contributed by atoms with E-state index in [4.69, 9.17) is 4.74 Å². The zero-order valence-corrected chi connectivity index (χ0v) is 22.7. The maximum absolute atomic E-state index is 13.2. The first-order valence-electron chi connectivity index (χ1n) is 14.3. The van der Waals surface area contributed by atoms with Gasteiger partial charge in [-0.2, -0.15) is 0 Å². The molecule has 0 amide bonds. The third-order valence-corrected chi connectivity index (χ3v) is 7.31. The number of fused-ring (bicyclic) bond motifs is 1. The number of rotatable bonds is 20. The van der Waals surface area contributed by atoms with Gasteiger partial charge in [-0.05, 0) is 18.9 Å². The van der Waals surface area contributed by atoms with Crippen LogP contribution in [0.3, 0.4) is 0 Å². The number of unbranched alkanes of at least 4 members (excludes halogenated alkanes) is 14. The molecule has 2 rings (SSSR count). The van der Waals surface area contributed by atoms with Gasteiger partial charge in [-0.25, -0.2) is 0 Å². The lowest BCUT2D eigenvalue weighted by Gasteiger charge is -2.08. The van der Waals surface area contributed by atoms with Gasteiger partial charge in [-0.1, -0.05) is 115 Å². The van der Waals surface area contributed by atoms with Gasteiger partial charge in [0.25, 0.3) is 0 Å². The minimum Gasteiger partial charge on any atom is -0.469 e. The van der Waals surface area contributed by atoms with Crippen molar-refractivity contribution in [1.29, 1.82) is 0 Å². The van der Waals surface area contributed by atoms with E-state index in [1.54, 1.807) is 0 Å². The second kappa shape index (κ2) is 17.3. The number of carbonyl (C=O) groups is 2. The lowest BCUT2D eigenvalue weighted by molar-refractivity contribution is -0.140. The number of Topliss-reactive ketones (excluding diaryl/α,β-unsaturated/α-hetero) is 1. The third kappa shape index (κ3) is 10.2. The summed E-state index contributed by atoms with van der Waals surface area (Å²) in [4.78, 5) is 24.9. The van der Waals surface area contributed by atoms with E-state index in [1.807, 2.05) is 31.3 Å². The number of methoxy groups -OCH3 is 1. The molecule has 0 saturated carbocycles. The van der Waals surface area contributed by atoms with Crippen LogP contribution in [0.1, 0.15) is 132 Å². The number of ketones is 1. The van der Waals surface area contributed by atoms with Crippen LogP contribution in [-0.2, 0) is 23.0 Å². The zero-order valence-electron chi connectivity index (χ0n) is 22.7. The molecule has 0 saturated heterocycles. The molecule has 0 atom stereocenters. The minimum atomic E-state index is -0.240. The molecule has 0 aliphatic rings. The Labute approximate surface area is 213 Å². The van der Waals surface area contributed by atoms with E-state index in [-0.39, 0.29) is 11.8 Å². The van der Waals surface area contributed by atoms with Gasteiger partial charge >= 0.3 is 5.97 Å². The number of nitrogens with zero attached hydrogens (tertiary/aromatic N) is 1. The van der Waals surface area contributed by atoms with E-state index in [9.17, 15) is 9.59 Å². The molecular weight excluding hydrogens is 434 g/mol. The molecule has 1 aromatic heterocycles. The van der Waals surface area contributed by atoms with Gasteiger partial charge in [0.15, 0.2) is 5.78 Å². The molecule has 1 aromatic carbocycles. The van der Waals surface area contributed by atoms with Crippen LogP contribution < -0.4 is 0 Å². The molecule has 0 unspecified atom stereocenters. The SMILES string of the molecule is CCCCCCCCCCCCCCCCCC(=O)c1c(CCC(=O)OC)n(C)c2ccccc12. The average molecular weight is 484 g/mol. The van der Waals surface area contributed by atoms with E-state index < -0.39 is 0 Å². The molecule has 4 heteroatoms. The Morgan fingerprint density at radius 1 is 0.743 bits per heavy atom. The van der Waals surface area contributed by atoms with E-state index >= 15 is 0 Å². The highest BCUT2D eigenvalue weighted by Gasteiger charge is 2.21. The van der Waals surface area contributed by atoms with Crippen molar-refractivity contribution in [3.63, 3.8) is 0 Å². The number of ether oxygens (including phenoxy) is 1. The molecular formula is C31H49NO3. The van der Waals surface area contributed by atoms with E-state index in [1.165, 1.54) is 90.6 Å². The Balaban J connectivity index is 1.65. The van der Waals surface area contributed by atoms with Crippen LogP contribution >= 0.6 is 0 Å². The monoisotopic (exact) mass is 483 g/mol. The van der Waals surface area contributed by atoms with Gasteiger partial charge in [0.1, 0.15) is 0 Å². The number of hydrogen-bond donors (Lipinski definition) is 0. The Morgan fingerprint density at radius 3 is 1.80 bits per heavy atom. The number of hydrogen-bond acceptors (Lipinski definition) is 3. The summed E-state index contributed by atoms with van der Waals surface area (Å²) in [6.07, 6.45) is 21.2. The Hall–Kier alpha value is -2.10. The largest absolute Gasteiger partial charge is 0.469 e. The number of carbonyl (C=O) groups excluding carboxylic acids is 2. The fourth-order valence-electron chi connectivity index (χ4n) is 5.15. The first-order chi connectivity index (χ1) is 17.1. The van der Waals surface area contributed by atoms with Crippen molar-refractivity contribution in [2.24, 2.45) is 7.05 Å². The van der Waals surface area contributed by atoms with E-state index in [0.29, 0.717) is 19.3 Å². The molecule has 0 bridgehead atoms. The normalized spacial score (nSPS) is 11.3. The van der Waals surface area contributed by atoms with Crippen molar-refractivity contribution in [2.75, 3.05) is 7.11 Å². The summed E-state index contributed by atoms with van der Waals surface area (Å²) in [5.41, 5.74) is 2.80. The number of para-hydroxylation sites is 1. The number of benzene rings is 1. The highest BCUT2D eigenvalue weighted by molar-refractivity contribution is 6.09. The van der Waals surface area contributed by atoms with Crippen molar-refractivity contribution in [2.45, 2.75) is 122 Å². The fourth-order valence-corrected chi connectivity index (χ4v) is 5.15. The van der Waals surface area contributed by atoms with Crippen LogP contribution in [0.25, 0.3) is 10.9 Å². The molecule has 0 fully saturated rings. The second-order valence-electron chi connectivity index (χ2n) is 10.1. The summed E-state index contributed by atoms with van der Waals surface area (Å²) in [6.45, 7) is 2.28. The Bertz CT molecular complexity index is 883. The second-order valence-corrected chi connectivity index (χ2v) is 10.1. The first-order valence-corrected chi connectivity index (χ1v) is 14.3. The predicted octanol–water partition coefficient (Wildman–Crippen LogP) is 8.73. The summed E-state index contributed by atoms with van der Waals surface area (Å²) in [5.74, 6) is -0.0348. The third-order valence-electron chi connectivity index (χ3n) is 7.31. The molecule has 0 spiro atoms. The molecule has 0 N–H and O–H groups in total. The summed E-state index contributed by atoms with van der Waals surface area (Å²) >= 11 is 0. The van der Waals surface area contributed by atoms with Gasteiger partial charge in [0, 0.05) is 35.6 Å². The molecule has 196 valence electrons. The first kappa shape index (κ1) is 29.1. The van der Waals surface area contributed by atoms with Crippen LogP contribution in [0.15, 0.2) is 24.3 Å². The van der Waals surface area contributed by atoms with Gasteiger partial charge in [-0.3, -0.25) is 9.59 Å². The van der Waals surface area contributed by atoms with Crippen molar-refractivity contribution in [3.8, 4) is 0 Å². The average Bonchev–Trinajstić information content (AvgIpc) is 3.16. The van der Waals surface area contributed by atoms with Gasteiger partial charge in [0.2, 0.25) is 0 Å². The molecule has 0 aliphatic heterocycles. The highest BCUT2D eigenvalue weighted by atomic mass is 16.5. The Morgan fingerprint density at radius 2 is 1.26 bits per heavy atom. The molecule has 0 aliphatic carbocycles. The topological polar surface area (TPSA) is 48.3 Å². The maximum Gasteiger partial charge on any atom is 0.305 e. The Kier molecular flexibility index (Phi) is 14.4. The smallest absolute Gasteiger partial charge is 0.305 e. The summed E-state index contributed by atoms with van der Waals surface area (Å²) in [6, 6.07) is 8.05. The number of aryl methyl sites for hydroxylation is 1. The van der Waals surface area contributed by atoms with Crippen LogP contribution in [0.2, 0.25) is 0 Å². The minimum absolute atomic E-state index is 0.205. The van der Waals surface area contributed by atoms with E-state index in [0.717, 1.165) is 35.0 Å². The zero-order chi connectivity index (χ0) is 25.3. The quantitative estimate of drug-likeness (QED) is 0.107. The molecule has 1 heterocycles. The van der Waals surface area contributed by atoms with Crippen LogP contribution in [0, 0.1) is 0 Å². The molecule has 35 heavy (non-hydrogen) atoms. The van der Waals surface area contributed by atoms with Crippen molar-refractivity contribution < 1.29 is 14.3 Å². The summed E-state index contributed by atoms with van der Waals surface area (Å²) in [5, 5.41) is 1.00. The number of esters is 1. The van der Waals surface area contributed by atoms with Crippen LogP contribution in [0.5, 0.6) is 0 Å². The molecule has 2 aromatic rings. The summed E-state index contributed by atoms with van der Waals surface area (Å²) in [7, 11) is 3.39. The highest BCUT2D eigenvalue weighted by Crippen LogP contribution is 2.28. The fraction of sp³-hybridized carbons (Fsp3) is 0.677. The summed E-state index contributed by atoms with van der Waals surface area (Å²) < 4.78 is 6.88. The van der Waals surface area contributed by atoms with Gasteiger partial charge < -0.3 is 9.30 Å². The molecule has 0 radical (unpaired) electrons. The standard InChI is InChI=1S/C31H49NO3/c1-4-5-6-7-8-9-10-11-12-13-14-15-16-17-18-23-29(33)31-26-21-19-20-22-27(26)32(2)28(31)24-25-30(34)35-3/h19-22H,4-18,23-25H2,1-3H3.